The van der Waals surface area contributed by atoms with Crippen LogP contribution in [0.3, 0.4) is 0 Å². The smallest absolute Gasteiger partial charge is 0.0300 e. The van der Waals surface area contributed by atoms with Gasteiger partial charge in [-0.05, 0) is 25.2 Å². The molecule has 0 aromatic carbocycles. The second-order valence-corrected chi connectivity index (χ2v) is 4.59. The number of allylic oxidation sites excluding steroid dienone is 1. The summed E-state index contributed by atoms with van der Waals surface area (Å²) in [7, 11) is 0. The molecule has 0 N–H and O–H groups in total. The first-order chi connectivity index (χ1) is 5.52. The summed E-state index contributed by atoms with van der Waals surface area (Å²) in [6.45, 7) is 13.0. The van der Waals surface area contributed by atoms with Crippen molar-refractivity contribution in [1.82, 2.24) is 0 Å². The molecule has 0 heterocycles. The van der Waals surface area contributed by atoms with Crippen LogP contribution < -0.4 is 0 Å². The van der Waals surface area contributed by atoms with Crippen molar-refractivity contribution in [3.63, 3.8) is 0 Å². The number of rotatable bonds is 6. The van der Waals surface area contributed by atoms with Gasteiger partial charge in [-0.3, -0.25) is 0 Å². The van der Waals surface area contributed by atoms with Crippen molar-refractivity contribution in [2.75, 3.05) is 0 Å². The highest BCUT2D eigenvalue weighted by atomic mass is 14.1. The highest BCUT2D eigenvalue weighted by Gasteiger charge is 2.02. The molecule has 0 radical (unpaired) electrons. The first-order valence-corrected chi connectivity index (χ1v) is 5.16. The highest BCUT2D eigenvalue weighted by Crippen LogP contribution is 2.17. The van der Waals surface area contributed by atoms with Gasteiger partial charge in [0.05, 0.1) is 0 Å². The van der Waals surface area contributed by atoms with E-state index in [4.69, 9.17) is 0 Å². The maximum Gasteiger partial charge on any atom is -0.0300 e. The normalized spacial score (nSPS) is 13.4. The Balaban J connectivity index is 3.31. The Kier molecular flexibility index (Phi) is 6.14. The molecule has 0 fully saturated rings. The fourth-order valence-corrected chi connectivity index (χ4v) is 1.57. The van der Waals surface area contributed by atoms with Gasteiger partial charge in [-0.15, -0.1) is 6.58 Å². The molecule has 0 amide bonds. The minimum Gasteiger partial charge on any atom is -0.100 e. The van der Waals surface area contributed by atoms with Gasteiger partial charge in [-0.2, -0.15) is 0 Å². The van der Waals surface area contributed by atoms with Crippen LogP contribution in [0.25, 0.3) is 0 Å². The fraction of sp³-hybridized carbons (Fsp3) is 0.833. The molecule has 0 heteroatoms. The van der Waals surface area contributed by atoms with Crippen molar-refractivity contribution in [2.45, 2.75) is 53.4 Å². The van der Waals surface area contributed by atoms with Crippen LogP contribution in [0.2, 0.25) is 0 Å². The first-order valence-electron chi connectivity index (χ1n) is 5.16. The topological polar surface area (TPSA) is 0 Å². The van der Waals surface area contributed by atoms with E-state index in [1.54, 1.807) is 0 Å². The monoisotopic (exact) mass is 168 g/mol. The van der Waals surface area contributed by atoms with E-state index in [-0.39, 0.29) is 0 Å². The molecule has 72 valence electrons. The van der Waals surface area contributed by atoms with E-state index in [0.717, 1.165) is 11.8 Å². The van der Waals surface area contributed by atoms with E-state index in [0.29, 0.717) is 0 Å². The molecular formula is C12H24. The van der Waals surface area contributed by atoms with E-state index in [9.17, 15) is 0 Å². The predicted molar refractivity (Wildman–Crippen MR) is 57.3 cm³/mol. The lowest BCUT2D eigenvalue weighted by Gasteiger charge is -2.11. The molecule has 0 aromatic rings. The second-order valence-electron chi connectivity index (χ2n) is 4.59. The van der Waals surface area contributed by atoms with Gasteiger partial charge < -0.3 is 0 Å². The van der Waals surface area contributed by atoms with Gasteiger partial charge in [0, 0.05) is 0 Å². The van der Waals surface area contributed by atoms with Gasteiger partial charge in [-0.1, -0.05) is 45.6 Å². The Labute approximate surface area is 78.1 Å². The van der Waals surface area contributed by atoms with Crippen molar-refractivity contribution >= 4 is 0 Å². The average Bonchev–Trinajstić information content (AvgIpc) is 1.84. The predicted octanol–water partition coefficient (Wildman–Crippen LogP) is 4.42. The van der Waals surface area contributed by atoms with Crippen LogP contribution in [0.1, 0.15) is 53.4 Å². The zero-order valence-corrected chi connectivity index (χ0v) is 9.19. The molecule has 0 spiro atoms. The minimum absolute atomic E-state index is 0.834. The molecule has 0 aliphatic heterocycles. The lowest BCUT2D eigenvalue weighted by Crippen LogP contribution is -1.96. The summed E-state index contributed by atoms with van der Waals surface area (Å²) in [6.07, 6.45) is 5.33. The lowest BCUT2D eigenvalue weighted by molar-refractivity contribution is 0.455. The fourth-order valence-electron chi connectivity index (χ4n) is 1.57. The number of hydrogen-bond acceptors (Lipinski definition) is 0. The van der Waals surface area contributed by atoms with Crippen LogP contribution in [0.5, 0.6) is 0 Å². The first kappa shape index (κ1) is 11.7. The van der Waals surface area contributed by atoms with Gasteiger partial charge in [0.2, 0.25) is 0 Å². The van der Waals surface area contributed by atoms with Crippen LogP contribution in [0.4, 0.5) is 0 Å². The standard InChI is InChI=1S/C12H24/c1-10(2)7-6-8-12(5)9-11(3)4/h10,12H,3,6-9H2,1-2,4-5H3. The molecule has 1 unspecified atom stereocenters. The van der Waals surface area contributed by atoms with Gasteiger partial charge in [-0.25, -0.2) is 0 Å². The third-order valence-electron chi connectivity index (χ3n) is 2.18. The van der Waals surface area contributed by atoms with E-state index >= 15 is 0 Å². The summed E-state index contributed by atoms with van der Waals surface area (Å²) >= 11 is 0. The van der Waals surface area contributed by atoms with Crippen molar-refractivity contribution in [3.8, 4) is 0 Å². The Morgan fingerprint density at radius 1 is 1.17 bits per heavy atom. The largest absolute Gasteiger partial charge is 0.100 e. The van der Waals surface area contributed by atoms with Crippen LogP contribution in [-0.2, 0) is 0 Å². The third kappa shape index (κ3) is 7.84. The molecule has 0 aromatic heterocycles. The molecule has 0 saturated carbocycles. The van der Waals surface area contributed by atoms with E-state index in [1.165, 1.54) is 31.3 Å². The van der Waals surface area contributed by atoms with E-state index in [1.807, 2.05) is 0 Å². The minimum atomic E-state index is 0.834. The molecule has 0 aliphatic rings. The van der Waals surface area contributed by atoms with Gasteiger partial charge >= 0.3 is 0 Å². The van der Waals surface area contributed by atoms with Gasteiger partial charge in [0.1, 0.15) is 0 Å². The van der Waals surface area contributed by atoms with Gasteiger partial charge in [0.15, 0.2) is 0 Å². The van der Waals surface area contributed by atoms with E-state index in [2.05, 4.69) is 34.3 Å². The van der Waals surface area contributed by atoms with E-state index < -0.39 is 0 Å². The van der Waals surface area contributed by atoms with Crippen molar-refractivity contribution in [2.24, 2.45) is 11.8 Å². The zero-order chi connectivity index (χ0) is 9.56. The Morgan fingerprint density at radius 2 is 1.75 bits per heavy atom. The van der Waals surface area contributed by atoms with Crippen molar-refractivity contribution < 1.29 is 0 Å². The maximum atomic E-state index is 3.94. The molecule has 1 atom stereocenters. The lowest BCUT2D eigenvalue weighted by atomic mass is 9.95. The maximum absolute atomic E-state index is 3.94. The molecule has 0 bridgehead atoms. The van der Waals surface area contributed by atoms with Crippen molar-refractivity contribution in [3.05, 3.63) is 12.2 Å². The summed E-state index contributed by atoms with van der Waals surface area (Å²) in [6, 6.07) is 0. The third-order valence-corrected chi connectivity index (χ3v) is 2.18. The van der Waals surface area contributed by atoms with Gasteiger partial charge in [0.25, 0.3) is 0 Å². The molecule has 0 saturated heterocycles. The summed E-state index contributed by atoms with van der Waals surface area (Å²) in [5, 5.41) is 0. The molecule has 0 aliphatic carbocycles. The quantitative estimate of drug-likeness (QED) is 0.515. The Hall–Kier alpha value is -0.260. The molecule has 12 heavy (non-hydrogen) atoms. The SMILES string of the molecule is C=C(C)CC(C)CCCC(C)C. The Bertz CT molecular complexity index is 122. The molecular weight excluding hydrogens is 144 g/mol. The van der Waals surface area contributed by atoms with Crippen LogP contribution in [0.15, 0.2) is 12.2 Å². The molecule has 0 rings (SSSR count). The zero-order valence-electron chi connectivity index (χ0n) is 9.19. The average molecular weight is 168 g/mol. The highest BCUT2D eigenvalue weighted by molar-refractivity contribution is 4.89. The van der Waals surface area contributed by atoms with Crippen LogP contribution in [-0.4, -0.2) is 0 Å². The summed E-state index contributed by atoms with van der Waals surface area (Å²) in [4.78, 5) is 0. The van der Waals surface area contributed by atoms with Crippen molar-refractivity contribution in [1.29, 1.82) is 0 Å². The van der Waals surface area contributed by atoms with Crippen LogP contribution >= 0.6 is 0 Å². The Morgan fingerprint density at radius 3 is 2.17 bits per heavy atom. The molecule has 0 nitrogen and oxygen atoms in total. The van der Waals surface area contributed by atoms with Crippen LogP contribution in [0, 0.1) is 11.8 Å². The summed E-state index contributed by atoms with van der Waals surface area (Å²) < 4.78 is 0. The second kappa shape index (κ2) is 6.28. The summed E-state index contributed by atoms with van der Waals surface area (Å²) in [5.41, 5.74) is 1.33. The summed E-state index contributed by atoms with van der Waals surface area (Å²) in [5.74, 6) is 1.70. The number of hydrogen-bond donors (Lipinski definition) is 0.